The van der Waals surface area contributed by atoms with Gasteiger partial charge >= 0.3 is 5.97 Å². The van der Waals surface area contributed by atoms with Crippen molar-refractivity contribution in [2.24, 2.45) is 0 Å². The van der Waals surface area contributed by atoms with Crippen LogP contribution in [-0.4, -0.2) is 11.8 Å². The Bertz CT molecular complexity index is 1170. The fraction of sp³-hybridized carbons (Fsp3) is 0.0435. The van der Waals surface area contributed by atoms with Crippen LogP contribution in [0.2, 0.25) is 0 Å². The van der Waals surface area contributed by atoms with Crippen LogP contribution in [0.15, 0.2) is 70.9 Å². The first-order valence-electron chi connectivity index (χ1n) is 8.74. The smallest absolute Gasteiger partial charge is 0.344 e. The number of esters is 1. The minimum absolute atomic E-state index is 0.129. The average molecular weight is 453 g/mol. The highest BCUT2D eigenvalue weighted by molar-refractivity contribution is 9.10. The second kappa shape index (κ2) is 7.64. The van der Waals surface area contributed by atoms with Crippen LogP contribution in [-0.2, 0) is 0 Å². The Morgan fingerprint density at radius 1 is 1.07 bits per heavy atom. The van der Waals surface area contributed by atoms with Crippen molar-refractivity contribution in [3.63, 3.8) is 0 Å². The Hall–Kier alpha value is -3.25. The molecule has 0 unspecified atom stereocenters. The predicted octanol–water partition coefficient (Wildman–Crippen LogP) is 5.73. The maximum atomic E-state index is 13.1. The number of hydrogen-bond acceptors (Lipinski definition) is 4. The number of ether oxygens (including phenoxy) is 2. The van der Waals surface area contributed by atoms with Gasteiger partial charge in [-0.3, -0.25) is 4.79 Å². The SMILES string of the molecule is Cc1c(OC(=O)c2ccccc2Br)ccc2c1O/C(=C\c1ccc(F)cc1)C2=O. The highest BCUT2D eigenvalue weighted by Crippen LogP contribution is 2.39. The molecule has 29 heavy (non-hydrogen) atoms. The Morgan fingerprint density at radius 3 is 2.52 bits per heavy atom. The van der Waals surface area contributed by atoms with E-state index < -0.39 is 5.97 Å². The number of halogens is 2. The minimum atomic E-state index is -0.521. The molecule has 3 aromatic rings. The van der Waals surface area contributed by atoms with E-state index in [2.05, 4.69) is 15.9 Å². The number of carbonyl (C=O) groups excluding carboxylic acids is 2. The van der Waals surface area contributed by atoms with Crippen molar-refractivity contribution < 1.29 is 23.5 Å². The molecule has 0 radical (unpaired) electrons. The van der Waals surface area contributed by atoms with Gasteiger partial charge in [-0.15, -0.1) is 0 Å². The molecule has 3 aromatic carbocycles. The predicted molar refractivity (Wildman–Crippen MR) is 110 cm³/mol. The molecule has 1 aliphatic heterocycles. The molecule has 0 spiro atoms. The molecular weight excluding hydrogens is 439 g/mol. The van der Waals surface area contributed by atoms with E-state index in [1.807, 2.05) is 0 Å². The molecule has 0 saturated carbocycles. The first-order chi connectivity index (χ1) is 13.9. The quantitative estimate of drug-likeness (QED) is 0.289. The van der Waals surface area contributed by atoms with Gasteiger partial charge in [-0.25, -0.2) is 9.18 Å². The van der Waals surface area contributed by atoms with Gasteiger partial charge < -0.3 is 9.47 Å². The van der Waals surface area contributed by atoms with Gasteiger partial charge in [0.2, 0.25) is 5.78 Å². The molecular formula is C23H14BrFO4. The highest BCUT2D eigenvalue weighted by atomic mass is 79.9. The summed E-state index contributed by atoms with van der Waals surface area (Å²) in [5.74, 6) is -0.380. The largest absolute Gasteiger partial charge is 0.452 e. The van der Waals surface area contributed by atoms with Gasteiger partial charge in [0, 0.05) is 10.0 Å². The van der Waals surface area contributed by atoms with Crippen LogP contribution in [0.3, 0.4) is 0 Å². The molecule has 1 aliphatic rings. The number of benzene rings is 3. The van der Waals surface area contributed by atoms with E-state index in [0.717, 1.165) is 0 Å². The summed E-state index contributed by atoms with van der Waals surface area (Å²) in [6, 6.07) is 15.8. The molecule has 4 nitrogen and oxygen atoms in total. The molecule has 0 bridgehead atoms. The van der Waals surface area contributed by atoms with Crippen molar-refractivity contribution in [3.05, 3.63) is 99.0 Å². The number of allylic oxidation sites excluding steroid dienone is 1. The second-order valence-corrected chi connectivity index (χ2v) is 7.28. The van der Waals surface area contributed by atoms with Gasteiger partial charge in [0.15, 0.2) is 5.76 Å². The molecule has 144 valence electrons. The summed E-state index contributed by atoms with van der Waals surface area (Å²) in [4.78, 5) is 25.1. The number of carbonyl (C=O) groups is 2. The van der Waals surface area contributed by atoms with E-state index in [1.54, 1.807) is 61.5 Å². The van der Waals surface area contributed by atoms with Crippen LogP contribution < -0.4 is 9.47 Å². The normalized spacial score (nSPS) is 13.9. The molecule has 0 amide bonds. The van der Waals surface area contributed by atoms with Crippen LogP contribution in [0.4, 0.5) is 4.39 Å². The topological polar surface area (TPSA) is 52.6 Å². The van der Waals surface area contributed by atoms with Crippen molar-refractivity contribution in [3.8, 4) is 11.5 Å². The van der Waals surface area contributed by atoms with E-state index in [0.29, 0.717) is 38.2 Å². The van der Waals surface area contributed by atoms with E-state index in [1.165, 1.54) is 12.1 Å². The molecule has 1 heterocycles. The van der Waals surface area contributed by atoms with Gasteiger partial charge in [-0.2, -0.15) is 0 Å². The minimum Gasteiger partial charge on any atom is -0.452 e. The highest BCUT2D eigenvalue weighted by Gasteiger charge is 2.30. The third-order valence-corrected chi connectivity index (χ3v) is 5.19. The Balaban J connectivity index is 1.62. The zero-order valence-corrected chi connectivity index (χ0v) is 16.8. The molecule has 0 N–H and O–H groups in total. The fourth-order valence-electron chi connectivity index (χ4n) is 2.97. The second-order valence-electron chi connectivity index (χ2n) is 6.43. The van der Waals surface area contributed by atoms with Crippen LogP contribution in [0, 0.1) is 12.7 Å². The molecule has 0 aliphatic carbocycles. The first kappa shape index (κ1) is 19.1. The molecule has 4 rings (SSSR count). The molecule has 6 heteroatoms. The molecule has 0 fully saturated rings. The Morgan fingerprint density at radius 2 is 1.79 bits per heavy atom. The summed E-state index contributed by atoms with van der Waals surface area (Å²) in [6.07, 6.45) is 1.55. The van der Waals surface area contributed by atoms with E-state index >= 15 is 0 Å². The first-order valence-corrected chi connectivity index (χ1v) is 9.53. The van der Waals surface area contributed by atoms with Crippen LogP contribution >= 0.6 is 15.9 Å². The lowest BCUT2D eigenvalue weighted by molar-refractivity contribution is 0.0732. The standard InChI is InChI=1S/C23H14BrFO4/c1-13-19(29-23(27)16-4-2-3-5-18(16)24)11-10-17-21(26)20(28-22(13)17)12-14-6-8-15(25)9-7-14/h2-12H,1H3/b20-12-. The zero-order chi connectivity index (χ0) is 20.5. The third-order valence-electron chi connectivity index (χ3n) is 4.50. The number of hydrogen-bond donors (Lipinski definition) is 0. The summed E-state index contributed by atoms with van der Waals surface area (Å²) >= 11 is 3.33. The summed E-state index contributed by atoms with van der Waals surface area (Å²) < 4.78 is 25.0. The van der Waals surface area contributed by atoms with E-state index in [4.69, 9.17) is 9.47 Å². The molecule has 0 atom stereocenters. The van der Waals surface area contributed by atoms with Crippen molar-refractivity contribution in [1.82, 2.24) is 0 Å². The number of fused-ring (bicyclic) bond motifs is 1. The zero-order valence-electron chi connectivity index (χ0n) is 15.2. The van der Waals surface area contributed by atoms with Gasteiger partial charge in [-0.05, 0) is 70.9 Å². The van der Waals surface area contributed by atoms with Gasteiger partial charge in [0.25, 0.3) is 0 Å². The third kappa shape index (κ3) is 3.71. The Labute approximate surface area is 174 Å². The average Bonchev–Trinajstić information content (AvgIpc) is 3.02. The fourth-order valence-corrected chi connectivity index (χ4v) is 3.42. The van der Waals surface area contributed by atoms with Crippen LogP contribution in [0.25, 0.3) is 6.08 Å². The van der Waals surface area contributed by atoms with Crippen molar-refractivity contribution in [2.45, 2.75) is 6.92 Å². The lowest BCUT2D eigenvalue weighted by Gasteiger charge is -2.10. The van der Waals surface area contributed by atoms with Crippen LogP contribution in [0.5, 0.6) is 11.5 Å². The van der Waals surface area contributed by atoms with E-state index in [9.17, 15) is 14.0 Å². The van der Waals surface area contributed by atoms with Gasteiger partial charge in [-0.1, -0.05) is 24.3 Å². The van der Waals surface area contributed by atoms with Gasteiger partial charge in [0.05, 0.1) is 11.1 Å². The number of Topliss-reactive ketones (excluding diaryl/α,β-unsaturated/α-hetero) is 1. The van der Waals surface area contributed by atoms with E-state index in [-0.39, 0.29) is 17.4 Å². The Kier molecular flexibility index (Phi) is 5.03. The van der Waals surface area contributed by atoms with Gasteiger partial charge in [0.1, 0.15) is 17.3 Å². The van der Waals surface area contributed by atoms with Crippen molar-refractivity contribution >= 4 is 33.8 Å². The summed E-state index contributed by atoms with van der Waals surface area (Å²) in [5.41, 5.74) is 1.96. The molecule has 0 saturated heterocycles. The number of ketones is 1. The summed E-state index contributed by atoms with van der Waals surface area (Å²) in [7, 11) is 0. The summed E-state index contributed by atoms with van der Waals surface area (Å²) in [6.45, 7) is 1.72. The van der Waals surface area contributed by atoms with Crippen molar-refractivity contribution in [2.75, 3.05) is 0 Å². The lowest BCUT2D eigenvalue weighted by atomic mass is 10.1. The summed E-state index contributed by atoms with van der Waals surface area (Å²) in [5, 5.41) is 0. The monoisotopic (exact) mass is 452 g/mol. The maximum Gasteiger partial charge on any atom is 0.344 e. The van der Waals surface area contributed by atoms with Crippen molar-refractivity contribution in [1.29, 1.82) is 0 Å². The molecule has 0 aromatic heterocycles. The maximum absolute atomic E-state index is 13.1. The van der Waals surface area contributed by atoms with Crippen LogP contribution in [0.1, 0.15) is 31.8 Å². The number of rotatable bonds is 3. The lowest BCUT2D eigenvalue weighted by Crippen LogP contribution is -2.10.